The molecule has 2 N–H and O–H groups in total. The SMILES string of the molecule is COc1nc(N(C)C2CCCCC2CN)ncc1Br. The molecule has 0 saturated heterocycles. The summed E-state index contributed by atoms with van der Waals surface area (Å²) >= 11 is 3.37. The Morgan fingerprint density at radius 2 is 2.21 bits per heavy atom. The zero-order chi connectivity index (χ0) is 13.8. The summed E-state index contributed by atoms with van der Waals surface area (Å²) in [6, 6.07) is 0.421. The third-order valence-electron chi connectivity index (χ3n) is 3.88. The van der Waals surface area contributed by atoms with Crippen molar-refractivity contribution in [1.29, 1.82) is 0 Å². The Kier molecular flexibility index (Phi) is 4.99. The molecule has 6 heteroatoms. The molecule has 0 bridgehead atoms. The van der Waals surface area contributed by atoms with Crippen LogP contribution in [0, 0.1) is 5.92 Å². The number of rotatable bonds is 4. The van der Waals surface area contributed by atoms with Crippen LogP contribution in [0.3, 0.4) is 0 Å². The van der Waals surface area contributed by atoms with Crippen molar-refractivity contribution in [3.63, 3.8) is 0 Å². The van der Waals surface area contributed by atoms with E-state index in [1.807, 2.05) is 7.05 Å². The van der Waals surface area contributed by atoms with Gasteiger partial charge in [0.2, 0.25) is 11.8 Å². The first-order valence-corrected chi connectivity index (χ1v) is 7.46. The van der Waals surface area contributed by atoms with Gasteiger partial charge in [-0.1, -0.05) is 12.8 Å². The van der Waals surface area contributed by atoms with Crippen molar-refractivity contribution < 1.29 is 4.74 Å². The minimum absolute atomic E-state index is 0.421. The number of anilines is 1. The van der Waals surface area contributed by atoms with Crippen molar-refractivity contribution in [2.45, 2.75) is 31.7 Å². The van der Waals surface area contributed by atoms with Gasteiger partial charge in [0.1, 0.15) is 0 Å². The second kappa shape index (κ2) is 6.52. The van der Waals surface area contributed by atoms with Crippen LogP contribution in [0.4, 0.5) is 5.95 Å². The topological polar surface area (TPSA) is 64.3 Å². The number of aromatic nitrogens is 2. The molecule has 0 radical (unpaired) electrons. The second-order valence-corrected chi connectivity index (χ2v) is 5.84. The molecule has 1 heterocycles. The molecule has 1 aliphatic carbocycles. The van der Waals surface area contributed by atoms with Gasteiger partial charge in [0.15, 0.2) is 0 Å². The van der Waals surface area contributed by atoms with E-state index in [9.17, 15) is 0 Å². The Morgan fingerprint density at radius 3 is 2.89 bits per heavy atom. The van der Waals surface area contributed by atoms with Crippen molar-refractivity contribution >= 4 is 21.9 Å². The normalized spacial score (nSPS) is 23.2. The molecule has 19 heavy (non-hydrogen) atoms. The second-order valence-electron chi connectivity index (χ2n) is 4.99. The van der Waals surface area contributed by atoms with Gasteiger partial charge in [-0.2, -0.15) is 4.98 Å². The molecule has 0 amide bonds. The highest BCUT2D eigenvalue weighted by Crippen LogP contribution is 2.30. The van der Waals surface area contributed by atoms with Gasteiger partial charge in [-0.3, -0.25) is 0 Å². The molecule has 1 fully saturated rings. The minimum atomic E-state index is 0.421. The Labute approximate surface area is 122 Å². The first-order chi connectivity index (χ1) is 9.17. The van der Waals surface area contributed by atoms with Gasteiger partial charge in [-0.25, -0.2) is 4.98 Å². The van der Waals surface area contributed by atoms with E-state index in [-0.39, 0.29) is 0 Å². The zero-order valence-electron chi connectivity index (χ0n) is 11.5. The highest BCUT2D eigenvalue weighted by Gasteiger charge is 2.28. The number of hydrogen-bond acceptors (Lipinski definition) is 5. The Balaban J connectivity index is 2.20. The highest BCUT2D eigenvalue weighted by atomic mass is 79.9. The summed E-state index contributed by atoms with van der Waals surface area (Å²) in [5.41, 5.74) is 5.89. The molecule has 0 aromatic carbocycles. The lowest BCUT2D eigenvalue weighted by atomic mass is 9.84. The van der Waals surface area contributed by atoms with Crippen LogP contribution in [0.1, 0.15) is 25.7 Å². The predicted octanol–water partition coefficient (Wildman–Crippen LogP) is 2.20. The van der Waals surface area contributed by atoms with E-state index in [0.717, 1.165) is 17.4 Å². The van der Waals surface area contributed by atoms with Crippen LogP contribution in [0.5, 0.6) is 5.88 Å². The fourth-order valence-electron chi connectivity index (χ4n) is 2.78. The third kappa shape index (κ3) is 3.17. The van der Waals surface area contributed by atoms with Gasteiger partial charge in [0.25, 0.3) is 0 Å². The fourth-order valence-corrected chi connectivity index (χ4v) is 3.13. The molecule has 1 aliphatic rings. The molecule has 0 spiro atoms. The quantitative estimate of drug-likeness (QED) is 0.917. The van der Waals surface area contributed by atoms with Crippen molar-refractivity contribution in [2.75, 3.05) is 25.6 Å². The van der Waals surface area contributed by atoms with Crippen molar-refractivity contribution in [3.05, 3.63) is 10.7 Å². The number of nitrogens with zero attached hydrogens (tertiary/aromatic N) is 3. The standard InChI is InChI=1S/C13H21BrN4O/c1-18(11-6-4-3-5-9(11)7-15)13-16-8-10(14)12(17-13)19-2/h8-9,11H,3-7,15H2,1-2H3. The van der Waals surface area contributed by atoms with Crippen molar-refractivity contribution in [1.82, 2.24) is 9.97 Å². The predicted molar refractivity (Wildman–Crippen MR) is 79.5 cm³/mol. The Hall–Kier alpha value is -0.880. The molecule has 1 saturated carbocycles. The van der Waals surface area contributed by atoms with Gasteiger partial charge in [-0.15, -0.1) is 0 Å². The first-order valence-electron chi connectivity index (χ1n) is 6.66. The molecule has 2 unspecified atom stereocenters. The third-order valence-corrected chi connectivity index (χ3v) is 4.42. The van der Waals surface area contributed by atoms with Gasteiger partial charge in [-0.05, 0) is 41.2 Å². The van der Waals surface area contributed by atoms with Crippen molar-refractivity contribution in [3.8, 4) is 5.88 Å². The number of ether oxygens (including phenoxy) is 1. The zero-order valence-corrected chi connectivity index (χ0v) is 13.1. The fraction of sp³-hybridized carbons (Fsp3) is 0.692. The van der Waals surface area contributed by atoms with Crippen LogP contribution in [-0.4, -0.2) is 36.7 Å². The monoisotopic (exact) mass is 328 g/mol. The van der Waals surface area contributed by atoms with E-state index in [1.165, 1.54) is 19.3 Å². The summed E-state index contributed by atoms with van der Waals surface area (Å²) in [5, 5.41) is 0. The lowest BCUT2D eigenvalue weighted by Crippen LogP contribution is -2.43. The van der Waals surface area contributed by atoms with Crippen LogP contribution in [0.15, 0.2) is 10.7 Å². The maximum atomic E-state index is 5.89. The average Bonchev–Trinajstić information content (AvgIpc) is 2.47. The van der Waals surface area contributed by atoms with Gasteiger partial charge < -0.3 is 15.4 Å². The summed E-state index contributed by atoms with van der Waals surface area (Å²) in [5.74, 6) is 1.79. The maximum Gasteiger partial charge on any atom is 0.232 e. The largest absolute Gasteiger partial charge is 0.480 e. The van der Waals surface area contributed by atoms with E-state index in [1.54, 1.807) is 13.3 Å². The smallest absolute Gasteiger partial charge is 0.232 e. The minimum Gasteiger partial charge on any atom is -0.480 e. The molecular formula is C13H21BrN4O. The van der Waals surface area contributed by atoms with Crippen LogP contribution in [-0.2, 0) is 0 Å². The van der Waals surface area contributed by atoms with Gasteiger partial charge >= 0.3 is 0 Å². The average molecular weight is 329 g/mol. The summed E-state index contributed by atoms with van der Waals surface area (Å²) < 4.78 is 6.00. The summed E-state index contributed by atoms with van der Waals surface area (Å²) in [7, 11) is 3.65. The lowest BCUT2D eigenvalue weighted by molar-refractivity contribution is 0.303. The molecule has 2 rings (SSSR count). The van der Waals surface area contributed by atoms with Crippen LogP contribution < -0.4 is 15.4 Å². The number of hydrogen-bond donors (Lipinski definition) is 1. The van der Waals surface area contributed by atoms with Crippen LogP contribution in [0.25, 0.3) is 0 Å². The molecule has 106 valence electrons. The molecule has 1 aromatic rings. The lowest BCUT2D eigenvalue weighted by Gasteiger charge is -2.37. The van der Waals surface area contributed by atoms with Crippen molar-refractivity contribution in [2.24, 2.45) is 11.7 Å². The summed E-state index contributed by atoms with van der Waals surface area (Å²) in [6.07, 6.45) is 6.60. The Bertz CT molecular complexity index is 429. The van der Waals surface area contributed by atoms with Gasteiger partial charge in [0, 0.05) is 13.1 Å². The number of halogens is 1. The highest BCUT2D eigenvalue weighted by molar-refractivity contribution is 9.10. The molecule has 5 nitrogen and oxygen atoms in total. The molecule has 1 aromatic heterocycles. The molecule has 0 aliphatic heterocycles. The van der Waals surface area contributed by atoms with E-state index < -0.39 is 0 Å². The summed E-state index contributed by atoms with van der Waals surface area (Å²) in [6.45, 7) is 0.725. The van der Waals surface area contributed by atoms with E-state index in [0.29, 0.717) is 23.8 Å². The maximum absolute atomic E-state index is 5.89. The number of methoxy groups -OCH3 is 1. The van der Waals surface area contributed by atoms with E-state index in [2.05, 4.69) is 30.8 Å². The molecular weight excluding hydrogens is 308 g/mol. The first kappa shape index (κ1) is 14.5. The van der Waals surface area contributed by atoms with Crippen LogP contribution in [0.2, 0.25) is 0 Å². The molecule has 2 atom stereocenters. The van der Waals surface area contributed by atoms with E-state index in [4.69, 9.17) is 10.5 Å². The van der Waals surface area contributed by atoms with Gasteiger partial charge in [0.05, 0.1) is 17.8 Å². The summed E-state index contributed by atoms with van der Waals surface area (Å²) in [4.78, 5) is 11.0. The number of nitrogens with two attached hydrogens (primary N) is 1. The van der Waals surface area contributed by atoms with E-state index >= 15 is 0 Å². The Morgan fingerprint density at radius 1 is 1.47 bits per heavy atom. The van der Waals surface area contributed by atoms with Crippen LogP contribution >= 0.6 is 15.9 Å².